The Hall–Kier alpha value is -2.05. The molecule has 1 atom stereocenters. The number of nitrogens with zero attached hydrogens (tertiary/aromatic N) is 1. The van der Waals surface area contributed by atoms with Gasteiger partial charge in [-0.25, -0.2) is 4.98 Å². The summed E-state index contributed by atoms with van der Waals surface area (Å²) in [6.07, 6.45) is -2.75. The van der Waals surface area contributed by atoms with Gasteiger partial charge in [0.25, 0.3) is 5.91 Å². The third-order valence-electron chi connectivity index (χ3n) is 4.03. The molecule has 0 radical (unpaired) electrons. The minimum Gasteiger partial charge on any atom is -0.598 e. The van der Waals surface area contributed by atoms with Crippen LogP contribution in [0.4, 0.5) is 18.3 Å². The molecule has 1 amide bonds. The number of aromatic hydroxyl groups is 1. The molecule has 0 aliphatic heterocycles. The number of aromatic nitrogens is 1. The number of alkyl halides is 3. The van der Waals surface area contributed by atoms with Crippen LogP contribution >= 0.6 is 22.9 Å². The van der Waals surface area contributed by atoms with Crippen LogP contribution in [0.2, 0.25) is 5.02 Å². The molecule has 3 aromatic rings. The minimum absolute atomic E-state index is 0.0818. The molecule has 1 unspecified atom stereocenters. The number of phenols is 1. The SMILES string of the molecule is C[S+]([O-])NCCc1cc(Cl)cc(C(=O)Nc2nc3ccc(C(F)(F)F)cc3s2)c1O. The summed E-state index contributed by atoms with van der Waals surface area (Å²) in [5, 5.41) is 13.2. The van der Waals surface area contributed by atoms with Gasteiger partial charge in [0.15, 0.2) is 5.13 Å². The Labute approximate surface area is 181 Å². The zero-order valence-electron chi connectivity index (χ0n) is 15.3. The first kappa shape index (κ1) is 22.6. The minimum atomic E-state index is -4.48. The van der Waals surface area contributed by atoms with E-state index in [0.29, 0.717) is 11.1 Å². The maximum Gasteiger partial charge on any atom is 0.416 e. The summed E-state index contributed by atoms with van der Waals surface area (Å²) >= 11 is 5.70. The van der Waals surface area contributed by atoms with E-state index >= 15 is 0 Å². The van der Waals surface area contributed by atoms with E-state index in [4.69, 9.17) is 11.6 Å². The van der Waals surface area contributed by atoms with Crippen LogP contribution in [-0.4, -0.2) is 33.4 Å². The van der Waals surface area contributed by atoms with Crippen molar-refractivity contribution in [3.8, 4) is 5.75 Å². The summed E-state index contributed by atoms with van der Waals surface area (Å²) in [6, 6.07) is 5.87. The van der Waals surface area contributed by atoms with E-state index in [9.17, 15) is 27.6 Å². The lowest BCUT2D eigenvalue weighted by Crippen LogP contribution is -2.24. The van der Waals surface area contributed by atoms with Crippen molar-refractivity contribution < 1.29 is 27.6 Å². The summed E-state index contributed by atoms with van der Waals surface area (Å²) < 4.78 is 52.6. The van der Waals surface area contributed by atoms with Crippen LogP contribution in [0.25, 0.3) is 10.2 Å². The number of anilines is 1. The van der Waals surface area contributed by atoms with E-state index in [2.05, 4.69) is 15.0 Å². The number of nitrogens with one attached hydrogen (secondary N) is 2. The Morgan fingerprint density at radius 2 is 2.07 bits per heavy atom. The maximum absolute atomic E-state index is 12.9. The second-order valence-corrected chi connectivity index (χ2v) is 8.88. The van der Waals surface area contributed by atoms with Gasteiger partial charge < -0.3 is 9.66 Å². The number of phenolic OH excluding ortho intramolecular Hbond substituents is 1. The normalized spacial score (nSPS) is 12.9. The Morgan fingerprint density at radius 3 is 2.73 bits per heavy atom. The molecule has 0 saturated carbocycles. The number of amides is 1. The molecule has 12 heteroatoms. The molecule has 1 heterocycles. The highest BCUT2D eigenvalue weighted by Crippen LogP contribution is 2.35. The van der Waals surface area contributed by atoms with Crippen molar-refractivity contribution >= 4 is 55.6 Å². The fourth-order valence-corrected chi connectivity index (χ4v) is 4.20. The van der Waals surface area contributed by atoms with E-state index in [-0.39, 0.29) is 39.1 Å². The van der Waals surface area contributed by atoms with Crippen molar-refractivity contribution in [1.29, 1.82) is 0 Å². The molecule has 30 heavy (non-hydrogen) atoms. The Balaban J connectivity index is 1.82. The lowest BCUT2D eigenvalue weighted by atomic mass is 10.1. The van der Waals surface area contributed by atoms with Gasteiger partial charge in [-0.2, -0.15) is 13.2 Å². The van der Waals surface area contributed by atoms with E-state index in [1.165, 1.54) is 24.5 Å². The topological polar surface area (TPSA) is 97.3 Å². The van der Waals surface area contributed by atoms with Crippen molar-refractivity contribution in [3.05, 3.63) is 52.0 Å². The van der Waals surface area contributed by atoms with Crippen molar-refractivity contribution in [3.63, 3.8) is 0 Å². The van der Waals surface area contributed by atoms with Crippen molar-refractivity contribution in [1.82, 2.24) is 9.71 Å². The number of halogens is 4. The number of fused-ring (bicyclic) bond motifs is 1. The van der Waals surface area contributed by atoms with Crippen LogP contribution < -0.4 is 10.0 Å². The summed E-state index contributed by atoms with van der Waals surface area (Å²) in [5.74, 6) is -1.00. The first-order valence-corrected chi connectivity index (χ1v) is 11.2. The van der Waals surface area contributed by atoms with Gasteiger partial charge in [-0.15, -0.1) is 4.72 Å². The smallest absolute Gasteiger partial charge is 0.416 e. The number of hydrogen-bond acceptors (Lipinski definition) is 6. The second kappa shape index (κ2) is 8.98. The average Bonchev–Trinajstić information content (AvgIpc) is 3.04. The van der Waals surface area contributed by atoms with Gasteiger partial charge in [-0.05, 0) is 42.3 Å². The van der Waals surface area contributed by atoms with Crippen molar-refractivity contribution in [2.75, 3.05) is 18.1 Å². The first-order chi connectivity index (χ1) is 14.0. The summed E-state index contributed by atoms with van der Waals surface area (Å²) in [5.41, 5.74) is -0.233. The molecule has 0 bridgehead atoms. The molecule has 1 aromatic heterocycles. The molecule has 0 saturated heterocycles. The van der Waals surface area contributed by atoms with Crippen LogP contribution in [0, 0.1) is 0 Å². The van der Waals surface area contributed by atoms with E-state index in [0.717, 1.165) is 23.5 Å². The van der Waals surface area contributed by atoms with Gasteiger partial charge in [0.05, 0.1) is 21.3 Å². The van der Waals surface area contributed by atoms with Gasteiger partial charge in [0, 0.05) is 22.9 Å². The van der Waals surface area contributed by atoms with Gasteiger partial charge in [0.1, 0.15) is 12.0 Å². The molecule has 6 nitrogen and oxygen atoms in total. The number of thiazole rings is 1. The number of rotatable bonds is 6. The zero-order chi connectivity index (χ0) is 22.1. The van der Waals surface area contributed by atoms with E-state index in [1.807, 2.05) is 0 Å². The van der Waals surface area contributed by atoms with Gasteiger partial charge in [-0.1, -0.05) is 22.9 Å². The van der Waals surface area contributed by atoms with Crippen LogP contribution in [0.1, 0.15) is 21.5 Å². The van der Waals surface area contributed by atoms with E-state index < -0.39 is 29.0 Å². The highest BCUT2D eigenvalue weighted by molar-refractivity contribution is 7.88. The molecule has 160 valence electrons. The maximum atomic E-state index is 12.9. The average molecular weight is 478 g/mol. The summed E-state index contributed by atoms with van der Waals surface area (Å²) in [6.45, 7) is 0.289. The number of benzene rings is 2. The molecule has 2 aromatic carbocycles. The van der Waals surface area contributed by atoms with Crippen molar-refractivity contribution in [2.24, 2.45) is 0 Å². The van der Waals surface area contributed by atoms with Crippen molar-refractivity contribution in [2.45, 2.75) is 12.6 Å². The highest BCUT2D eigenvalue weighted by Gasteiger charge is 2.30. The molecular weight excluding hydrogens is 463 g/mol. The molecule has 3 rings (SSSR count). The standard InChI is InChI=1S/C18H15ClF3N3O3S2/c1-30(28)23-5-4-9-6-11(19)8-12(15(9)26)16(27)25-17-24-13-3-2-10(18(20,21)22)7-14(13)29-17/h2-3,6-8,23,26H,4-5H2,1H3,(H,24,25,27). The largest absolute Gasteiger partial charge is 0.598 e. The Bertz CT molecular complexity index is 1090. The van der Waals surface area contributed by atoms with Crippen LogP contribution in [0.3, 0.4) is 0 Å². The third-order valence-corrected chi connectivity index (χ3v) is 5.80. The monoisotopic (exact) mass is 477 g/mol. The Kier molecular flexibility index (Phi) is 6.78. The van der Waals surface area contributed by atoms with Crippen LogP contribution in [0.5, 0.6) is 5.75 Å². The molecule has 3 N–H and O–H groups in total. The fraction of sp³-hybridized carbons (Fsp3) is 0.222. The highest BCUT2D eigenvalue weighted by atomic mass is 35.5. The fourth-order valence-electron chi connectivity index (χ4n) is 2.67. The molecule has 0 spiro atoms. The molecule has 0 aliphatic carbocycles. The third kappa shape index (κ3) is 5.35. The zero-order valence-corrected chi connectivity index (χ0v) is 17.7. The second-order valence-electron chi connectivity index (χ2n) is 6.21. The lowest BCUT2D eigenvalue weighted by molar-refractivity contribution is -0.137. The Morgan fingerprint density at radius 1 is 1.33 bits per heavy atom. The number of carbonyl (C=O) groups excluding carboxylic acids is 1. The van der Waals surface area contributed by atoms with E-state index in [1.54, 1.807) is 0 Å². The predicted octanol–water partition coefficient (Wildman–Crippen LogP) is 4.35. The molecule has 0 aliphatic rings. The molecule has 0 fully saturated rings. The number of carbonyl (C=O) groups is 1. The predicted molar refractivity (Wildman–Crippen MR) is 111 cm³/mol. The van der Waals surface area contributed by atoms with Crippen LogP contribution in [-0.2, 0) is 24.0 Å². The lowest BCUT2D eigenvalue weighted by Gasteiger charge is -2.11. The van der Waals surface area contributed by atoms with Gasteiger partial charge >= 0.3 is 6.18 Å². The number of hydrogen-bond donors (Lipinski definition) is 3. The van der Waals surface area contributed by atoms with Crippen LogP contribution in [0.15, 0.2) is 30.3 Å². The van der Waals surface area contributed by atoms with Gasteiger partial charge in [-0.3, -0.25) is 10.1 Å². The van der Waals surface area contributed by atoms with Gasteiger partial charge in [0.2, 0.25) is 0 Å². The molecular formula is C18H15ClF3N3O3S2. The quantitative estimate of drug-likeness (QED) is 0.458. The summed E-state index contributed by atoms with van der Waals surface area (Å²) in [7, 11) is 0. The first-order valence-electron chi connectivity index (χ1n) is 8.42. The summed E-state index contributed by atoms with van der Waals surface area (Å²) in [4.78, 5) is 16.7.